The summed E-state index contributed by atoms with van der Waals surface area (Å²) in [5.41, 5.74) is 2.73. The molecule has 108 valence electrons. The van der Waals surface area contributed by atoms with Gasteiger partial charge >= 0.3 is 0 Å². The van der Waals surface area contributed by atoms with Gasteiger partial charge in [0.25, 0.3) is 0 Å². The van der Waals surface area contributed by atoms with Crippen LogP contribution >= 0.6 is 0 Å². The average molecular weight is 262 g/mol. The molecule has 2 heteroatoms. The summed E-state index contributed by atoms with van der Waals surface area (Å²) in [7, 11) is 0. The van der Waals surface area contributed by atoms with E-state index in [1.54, 1.807) is 0 Å². The summed E-state index contributed by atoms with van der Waals surface area (Å²) in [5, 5.41) is 3.37. The van der Waals surface area contributed by atoms with Crippen LogP contribution in [0.1, 0.15) is 52.5 Å². The Labute approximate surface area is 119 Å². The maximum absolute atomic E-state index is 3.37. The summed E-state index contributed by atoms with van der Waals surface area (Å²) in [6, 6.07) is 9.66. The molecule has 2 nitrogen and oxygen atoms in total. The molecule has 0 saturated carbocycles. The van der Waals surface area contributed by atoms with Crippen molar-refractivity contribution in [1.82, 2.24) is 5.32 Å². The zero-order valence-corrected chi connectivity index (χ0v) is 13.1. The number of hydrogen-bond donors (Lipinski definition) is 1. The highest BCUT2D eigenvalue weighted by molar-refractivity contribution is 5.48. The molecule has 0 heterocycles. The molecule has 1 unspecified atom stereocenters. The Morgan fingerprint density at radius 3 is 2.32 bits per heavy atom. The van der Waals surface area contributed by atoms with Crippen LogP contribution in [0, 0.1) is 0 Å². The summed E-state index contributed by atoms with van der Waals surface area (Å²) in [4.78, 5) is 2.54. The van der Waals surface area contributed by atoms with Crippen LogP contribution in [0.2, 0.25) is 0 Å². The molecule has 0 aliphatic rings. The molecule has 1 aromatic carbocycles. The number of unbranched alkanes of at least 4 members (excludes halogenated alkanes) is 1. The van der Waals surface area contributed by atoms with Crippen LogP contribution in [0.4, 0.5) is 5.69 Å². The number of benzene rings is 1. The molecule has 1 N–H and O–H groups in total. The summed E-state index contributed by atoms with van der Waals surface area (Å²) in [6.07, 6.45) is 3.72. The van der Waals surface area contributed by atoms with Gasteiger partial charge in [0.15, 0.2) is 0 Å². The Hall–Kier alpha value is -1.02. The van der Waals surface area contributed by atoms with Crippen molar-refractivity contribution >= 4 is 5.69 Å². The van der Waals surface area contributed by atoms with Gasteiger partial charge in [0, 0.05) is 24.8 Å². The first kappa shape index (κ1) is 16.0. The first-order chi connectivity index (χ1) is 9.22. The normalized spacial score (nSPS) is 12.4. The molecule has 0 saturated heterocycles. The van der Waals surface area contributed by atoms with Gasteiger partial charge in [-0.2, -0.15) is 0 Å². The fraction of sp³-hybridized carbons (Fsp3) is 0.647. The van der Waals surface area contributed by atoms with Gasteiger partial charge in [0.1, 0.15) is 0 Å². The monoisotopic (exact) mass is 262 g/mol. The molecule has 1 aromatic rings. The Morgan fingerprint density at radius 2 is 1.79 bits per heavy atom. The third-order valence-corrected chi connectivity index (χ3v) is 3.72. The van der Waals surface area contributed by atoms with E-state index in [2.05, 4.69) is 62.2 Å². The molecular formula is C17H30N2. The lowest BCUT2D eigenvalue weighted by Crippen LogP contribution is -2.33. The molecule has 0 spiro atoms. The van der Waals surface area contributed by atoms with E-state index in [0.29, 0.717) is 6.04 Å². The number of anilines is 1. The fourth-order valence-electron chi connectivity index (χ4n) is 2.23. The lowest BCUT2D eigenvalue weighted by atomic mass is 10.1. The minimum absolute atomic E-state index is 0.617. The van der Waals surface area contributed by atoms with Crippen LogP contribution in [0.3, 0.4) is 0 Å². The third kappa shape index (κ3) is 5.23. The topological polar surface area (TPSA) is 15.3 Å². The van der Waals surface area contributed by atoms with E-state index in [1.165, 1.54) is 30.5 Å². The lowest BCUT2D eigenvalue weighted by molar-refractivity contribution is 0.595. The van der Waals surface area contributed by atoms with Crippen LogP contribution in [0.25, 0.3) is 0 Å². The maximum atomic E-state index is 3.37. The first-order valence-corrected chi connectivity index (χ1v) is 7.79. The van der Waals surface area contributed by atoms with Gasteiger partial charge in [-0.25, -0.2) is 0 Å². The predicted octanol–water partition coefficient (Wildman–Crippen LogP) is 4.20. The van der Waals surface area contributed by atoms with E-state index in [0.717, 1.165) is 19.6 Å². The molecule has 0 aliphatic carbocycles. The average Bonchev–Trinajstić information content (AvgIpc) is 2.46. The van der Waals surface area contributed by atoms with Gasteiger partial charge in [-0.05, 0) is 44.0 Å². The highest BCUT2D eigenvalue weighted by Crippen LogP contribution is 2.20. The highest BCUT2D eigenvalue weighted by Gasteiger charge is 2.12. The molecule has 1 rings (SSSR count). The van der Waals surface area contributed by atoms with E-state index < -0.39 is 0 Å². The summed E-state index contributed by atoms with van der Waals surface area (Å²) in [6.45, 7) is 12.1. The van der Waals surface area contributed by atoms with Crippen molar-refractivity contribution in [3.05, 3.63) is 29.8 Å². The molecular weight excluding hydrogens is 232 g/mol. The van der Waals surface area contributed by atoms with E-state index >= 15 is 0 Å². The first-order valence-electron chi connectivity index (χ1n) is 7.79. The van der Waals surface area contributed by atoms with Gasteiger partial charge in [-0.15, -0.1) is 0 Å². The molecule has 0 amide bonds. The predicted molar refractivity (Wildman–Crippen MR) is 85.8 cm³/mol. The van der Waals surface area contributed by atoms with Gasteiger partial charge in [0.2, 0.25) is 0 Å². The van der Waals surface area contributed by atoms with Crippen LogP contribution in [-0.2, 0) is 6.54 Å². The summed E-state index contributed by atoms with van der Waals surface area (Å²) < 4.78 is 0. The summed E-state index contributed by atoms with van der Waals surface area (Å²) >= 11 is 0. The highest BCUT2D eigenvalue weighted by atomic mass is 15.2. The van der Waals surface area contributed by atoms with Gasteiger partial charge < -0.3 is 10.2 Å². The van der Waals surface area contributed by atoms with Crippen LogP contribution in [0.15, 0.2) is 24.3 Å². The fourth-order valence-corrected chi connectivity index (χ4v) is 2.23. The standard InChI is InChI=1S/C17H30N2/c1-5-8-13-19(15(4)6-2)17-11-9-16(10-12-17)14-18-7-3/h9-12,15,18H,5-8,13-14H2,1-4H3. The zero-order valence-electron chi connectivity index (χ0n) is 13.1. The molecule has 0 radical (unpaired) electrons. The summed E-state index contributed by atoms with van der Waals surface area (Å²) in [5.74, 6) is 0. The Balaban J connectivity index is 2.72. The van der Waals surface area contributed by atoms with E-state index in [1.807, 2.05) is 0 Å². The number of nitrogens with one attached hydrogen (secondary N) is 1. The van der Waals surface area contributed by atoms with Crippen LogP contribution < -0.4 is 10.2 Å². The quantitative estimate of drug-likeness (QED) is 0.717. The molecule has 0 aliphatic heterocycles. The lowest BCUT2D eigenvalue weighted by Gasteiger charge is -2.31. The van der Waals surface area contributed by atoms with Crippen molar-refractivity contribution in [2.75, 3.05) is 18.0 Å². The Bertz CT molecular complexity index is 332. The second-order valence-electron chi connectivity index (χ2n) is 5.25. The third-order valence-electron chi connectivity index (χ3n) is 3.72. The van der Waals surface area contributed by atoms with E-state index in [9.17, 15) is 0 Å². The second kappa shape index (κ2) is 8.98. The van der Waals surface area contributed by atoms with Crippen LogP contribution in [-0.4, -0.2) is 19.1 Å². The Kier molecular flexibility index (Phi) is 7.57. The smallest absolute Gasteiger partial charge is 0.0368 e. The van der Waals surface area contributed by atoms with Crippen molar-refractivity contribution in [2.45, 2.75) is 59.5 Å². The molecule has 1 atom stereocenters. The number of hydrogen-bond acceptors (Lipinski definition) is 2. The zero-order chi connectivity index (χ0) is 14.1. The molecule has 0 bridgehead atoms. The second-order valence-corrected chi connectivity index (χ2v) is 5.25. The van der Waals surface area contributed by atoms with E-state index in [4.69, 9.17) is 0 Å². The molecule has 19 heavy (non-hydrogen) atoms. The molecule has 0 fully saturated rings. The van der Waals surface area contributed by atoms with Crippen LogP contribution in [0.5, 0.6) is 0 Å². The number of nitrogens with zero attached hydrogens (tertiary/aromatic N) is 1. The van der Waals surface area contributed by atoms with Crippen molar-refractivity contribution in [2.24, 2.45) is 0 Å². The largest absolute Gasteiger partial charge is 0.369 e. The van der Waals surface area contributed by atoms with Gasteiger partial charge in [-0.3, -0.25) is 0 Å². The van der Waals surface area contributed by atoms with Crippen molar-refractivity contribution in [3.8, 4) is 0 Å². The molecule has 0 aromatic heterocycles. The minimum atomic E-state index is 0.617. The maximum Gasteiger partial charge on any atom is 0.0368 e. The minimum Gasteiger partial charge on any atom is -0.369 e. The van der Waals surface area contributed by atoms with Crippen molar-refractivity contribution in [3.63, 3.8) is 0 Å². The van der Waals surface area contributed by atoms with E-state index in [-0.39, 0.29) is 0 Å². The van der Waals surface area contributed by atoms with Crippen molar-refractivity contribution in [1.29, 1.82) is 0 Å². The van der Waals surface area contributed by atoms with Crippen molar-refractivity contribution < 1.29 is 0 Å². The number of rotatable bonds is 9. The van der Waals surface area contributed by atoms with Gasteiger partial charge in [0.05, 0.1) is 0 Å². The van der Waals surface area contributed by atoms with Gasteiger partial charge in [-0.1, -0.05) is 39.3 Å². The Morgan fingerprint density at radius 1 is 1.11 bits per heavy atom. The SMILES string of the molecule is CCCCN(c1ccc(CNCC)cc1)C(C)CC.